The quantitative estimate of drug-likeness (QED) is 0.571. The standard InChI is InChI=1S/C10H16N2O4/c13-9(7-5-16-4-3-11-7)12-8(10(14)15)6-1-2-6/h6-8,11H,1-5H2,(H,12,13)(H,14,15). The summed E-state index contributed by atoms with van der Waals surface area (Å²) < 4.78 is 5.15. The van der Waals surface area contributed by atoms with Crippen LogP contribution in [0.2, 0.25) is 0 Å². The number of carboxylic acids is 1. The molecule has 90 valence electrons. The summed E-state index contributed by atoms with van der Waals surface area (Å²) in [5, 5.41) is 14.5. The van der Waals surface area contributed by atoms with Gasteiger partial charge in [-0.15, -0.1) is 0 Å². The van der Waals surface area contributed by atoms with Gasteiger partial charge in [0.05, 0.1) is 13.2 Å². The van der Waals surface area contributed by atoms with Gasteiger partial charge in [0.2, 0.25) is 5.91 Å². The molecule has 16 heavy (non-hydrogen) atoms. The van der Waals surface area contributed by atoms with Crippen LogP contribution in [0.25, 0.3) is 0 Å². The predicted molar refractivity (Wildman–Crippen MR) is 54.9 cm³/mol. The number of morpholine rings is 1. The molecule has 3 N–H and O–H groups in total. The Hall–Kier alpha value is -1.14. The van der Waals surface area contributed by atoms with E-state index in [1.54, 1.807) is 0 Å². The number of carbonyl (C=O) groups excluding carboxylic acids is 1. The molecule has 2 atom stereocenters. The lowest BCUT2D eigenvalue weighted by Gasteiger charge is -2.24. The van der Waals surface area contributed by atoms with Crippen LogP contribution in [0, 0.1) is 5.92 Å². The molecule has 2 rings (SSSR count). The van der Waals surface area contributed by atoms with E-state index in [0.717, 1.165) is 12.8 Å². The number of aliphatic carboxylic acids is 1. The highest BCUT2D eigenvalue weighted by molar-refractivity contribution is 5.87. The third kappa shape index (κ3) is 2.70. The van der Waals surface area contributed by atoms with Crippen LogP contribution in [0.3, 0.4) is 0 Å². The van der Waals surface area contributed by atoms with Crippen molar-refractivity contribution >= 4 is 11.9 Å². The van der Waals surface area contributed by atoms with Crippen molar-refractivity contribution in [1.82, 2.24) is 10.6 Å². The molecule has 0 aromatic rings. The Balaban J connectivity index is 1.86. The van der Waals surface area contributed by atoms with E-state index in [2.05, 4.69) is 10.6 Å². The highest BCUT2D eigenvalue weighted by Gasteiger charge is 2.38. The molecule has 1 aliphatic heterocycles. The van der Waals surface area contributed by atoms with Crippen LogP contribution in [-0.2, 0) is 14.3 Å². The third-order valence-corrected chi connectivity index (χ3v) is 2.90. The van der Waals surface area contributed by atoms with Crippen molar-refractivity contribution in [2.75, 3.05) is 19.8 Å². The van der Waals surface area contributed by atoms with Crippen LogP contribution in [-0.4, -0.2) is 48.8 Å². The van der Waals surface area contributed by atoms with Crippen LogP contribution >= 0.6 is 0 Å². The first kappa shape index (κ1) is 11.3. The first-order chi connectivity index (χ1) is 7.68. The smallest absolute Gasteiger partial charge is 0.326 e. The van der Waals surface area contributed by atoms with Gasteiger partial charge in [-0.2, -0.15) is 0 Å². The van der Waals surface area contributed by atoms with Crippen molar-refractivity contribution in [3.05, 3.63) is 0 Å². The lowest BCUT2D eigenvalue weighted by molar-refractivity contribution is -0.143. The van der Waals surface area contributed by atoms with E-state index in [-0.39, 0.29) is 11.8 Å². The van der Waals surface area contributed by atoms with E-state index >= 15 is 0 Å². The molecule has 0 aromatic carbocycles. The molecular formula is C10H16N2O4. The Kier molecular flexibility index (Phi) is 3.40. The fourth-order valence-electron chi connectivity index (χ4n) is 1.80. The molecule has 2 unspecified atom stereocenters. The van der Waals surface area contributed by atoms with Crippen LogP contribution in [0.15, 0.2) is 0 Å². The molecule has 1 amide bonds. The molecule has 1 saturated carbocycles. The number of amides is 1. The van der Waals surface area contributed by atoms with Crippen LogP contribution in [0.4, 0.5) is 0 Å². The fourth-order valence-corrected chi connectivity index (χ4v) is 1.80. The molecule has 1 saturated heterocycles. The molecule has 0 bridgehead atoms. The predicted octanol–water partition coefficient (Wildman–Crippen LogP) is -1.05. The zero-order chi connectivity index (χ0) is 11.5. The van der Waals surface area contributed by atoms with Gasteiger partial charge in [-0.05, 0) is 18.8 Å². The van der Waals surface area contributed by atoms with Crippen LogP contribution in [0.5, 0.6) is 0 Å². The second kappa shape index (κ2) is 4.80. The minimum Gasteiger partial charge on any atom is -0.480 e. The van der Waals surface area contributed by atoms with Gasteiger partial charge in [-0.3, -0.25) is 4.79 Å². The summed E-state index contributed by atoms with van der Waals surface area (Å²) in [4.78, 5) is 22.7. The van der Waals surface area contributed by atoms with Crippen molar-refractivity contribution in [3.63, 3.8) is 0 Å². The maximum atomic E-state index is 11.7. The summed E-state index contributed by atoms with van der Waals surface area (Å²) in [6, 6.07) is -1.16. The maximum absolute atomic E-state index is 11.7. The van der Waals surface area contributed by atoms with Crippen molar-refractivity contribution in [1.29, 1.82) is 0 Å². The third-order valence-electron chi connectivity index (χ3n) is 2.90. The maximum Gasteiger partial charge on any atom is 0.326 e. The van der Waals surface area contributed by atoms with Gasteiger partial charge in [0.15, 0.2) is 0 Å². The Morgan fingerprint density at radius 1 is 1.44 bits per heavy atom. The van der Waals surface area contributed by atoms with Gasteiger partial charge in [0.25, 0.3) is 0 Å². The van der Waals surface area contributed by atoms with Crippen LogP contribution in [0.1, 0.15) is 12.8 Å². The fraction of sp³-hybridized carbons (Fsp3) is 0.800. The lowest BCUT2D eigenvalue weighted by Crippen LogP contribution is -2.55. The van der Waals surface area contributed by atoms with Gasteiger partial charge in [-0.1, -0.05) is 0 Å². The van der Waals surface area contributed by atoms with Crippen molar-refractivity contribution in [3.8, 4) is 0 Å². The number of ether oxygens (including phenoxy) is 1. The highest BCUT2D eigenvalue weighted by Crippen LogP contribution is 2.32. The number of hydrogen-bond acceptors (Lipinski definition) is 4. The summed E-state index contributed by atoms with van der Waals surface area (Å²) in [6.07, 6.45) is 1.76. The first-order valence-corrected chi connectivity index (χ1v) is 5.53. The van der Waals surface area contributed by atoms with Gasteiger partial charge < -0.3 is 20.5 Å². The van der Waals surface area contributed by atoms with E-state index < -0.39 is 18.1 Å². The number of carboxylic acid groups (broad SMARTS) is 1. The number of nitrogens with one attached hydrogen (secondary N) is 2. The molecular weight excluding hydrogens is 212 g/mol. The van der Waals surface area contributed by atoms with Gasteiger partial charge in [-0.25, -0.2) is 4.79 Å². The summed E-state index contributed by atoms with van der Waals surface area (Å²) in [5.41, 5.74) is 0. The molecule has 0 radical (unpaired) electrons. The second-order valence-corrected chi connectivity index (χ2v) is 4.24. The lowest BCUT2D eigenvalue weighted by atomic mass is 10.1. The van der Waals surface area contributed by atoms with E-state index in [1.165, 1.54) is 0 Å². The van der Waals surface area contributed by atoms with Gasteiger partial charge in [0, 0.05) is 6.54 Å². The summed E-state index contributed by atoms with van der Waals surface area (Å²) in [6.45, 7) is 1.52. The molecule has 2 aliphatic rings. The molecule has 1 aliphatic carbocycles. The minimum atomic E-state index is -0.951. The van der Waals surface area contributed by atoms with Crippen molar-refractivity contribution in [2.24, 2.45) is 5.92 Å². The van der Waals surface area contributed by atoms with E-state index in [9.17, 15) is 9.59 Å². The van der Waals surface area contributed by atoms with E-state index in [0.29, 0.717) is 19.8 Å². The summed E-state index contributed by atoms with van der Waals surface area (Å²) in [7, 11) is 0. The topological polar surface area (TPSA) is 87.7 Å². The average Bonchev–Trinajstić information content (AvgIpc) is 3.10. The van der Waals surface area contributed by atoms with Crippen molar-refractivity contribution < 1.29 is 19.4 Å². The Labute approximate surface area is 93.3 Å². The Morgan fingerprint density at radius 2 is 2.19 bits per heavy atom. The molecule has 1 heterocycles. The summed E-state index contributed by atoms with van der Waals surface area (Å²) >= 11 is 0. The number of carbonyl (C=O) groups is 2. The zero-order valence-electron chi connectivity index (χ0n) is 8.94. The second-order valence-electron chi connectivity index (χ2n) is 4.24. The molecule has 6 nitrogen and oxygen atoms in total. The molecule has 6 heteroatoms. The monoisotopic (exact) mass is 228 g/mol. The number of hydrogen-bond donors (Lipinski definition) is 3. The number of rotatable bonds is 4. The first-order valence-electron chi connectivity index (χ1n) is 5.53. The Morgan fingerprint density at radius 3 is 2.69 bits per heavy atom. The zero-order valence-corrected chi connectivity index (χ0v) is 8.94. The van der Waals surface area contributed by atoms with E-state index in [1.807, 2.05) is 0 Å². The normalized spacial score (nSPS) is 27.1. The van der Waals surface area contributed by atoms with Gasteiger partial charge >= 0.3 is 5.97 Å². The molecule has 2 fully saturated rings. The average molecular weight is 228 g/mol. The van der Waals surface area contributed by atoms with Crippen molar-refractivity contribution in [2.45, 2.75) is 24.9 Å². The van der Waals surface area contributed by atoms with Crippen LogP contribution < -0.4 is 10.6 Å². The molecule has 0 spiro atoms. The molecule has 0 aromatic heterocycles. The largest absolute Gasteiger partial charge is 0.480 e. The Bertz CT molecular complexity index is 285. The SMILES string of the molecule is O=C(NC(C(=O)O)C1CC1)C1COCCN1. The van der Waals surface area contributed by atoms with Gasteiger partial charge in [0.1, 0.15) is 12.1 Å². The summed E-state index contributed by atoms with van der Waals surface area (Å²) in [5.74, 6) is -1.13. The van der Waals surface area contributed by atoms with E-state index in [4.69, 9.17) is 9.84 Å². The highest BCUT2D eigenvalue weighted by atomic mass is 16.5. The minimum absolute atomic E-state index is 0.103.